The molecule has 0 aliphatic carbocycles. The number of rotatable bonds is 4. The Hall–Kier alpha value is -1.09. The van der Waals surface area contributed by atoms with Crippen LogP contribution in [0.5, 0.6) is 0 Å². The van der Waals surface area contributed by atoms with E-state index < -0.39 is 5.97 Å². The van der Waals surface area contributed by atoms with Gasteiger partial charge in [-0.1, -0.05) is 13.5 Å². The standard InChI is InChI=1S/C8H12O3/c1-3-4-5-11-8(10)7(2)6-9/h4-5,9H,2-3,6H2,1H3. The van der Waals surface area contributed by atoms with Crippen molar-refractivity contribution in [3.05, 3.63) is 24.5 Å². The number of esters is 1. The smallest absolute Gasteiger partial charge is 0.340 e. The Labute approximate surface area is 66.0 Å². The number of hydrogen-bond donors (Lipinski definition) is 1. The molecule has 0 unspecified atom stereocenters. The highest BCUT2D eigenvalue weighted by Gasteiger charge is 2.03. The summed E-state index contributed by atoms with van der Waals surface area (Å²) < 4.78 is 4.56. The fourth-order valence-electron chi connectivity index (χ4n) is 0.354. The first-order valence-corrected chi connectivity index (χ1v) is 3.37. The van der Waals surface area contributed by atoms with Gasteiger partial charge < -0.3 is 9.84 Å². The first kappa shape index (κ1) is 9.91. The van der Waals surface area contributed by atoms with Gasteiger partial charge in [-0.25, -0.2) is 4.79 Å². The number of ether oxygens (including phenoxy) is 1. The molecule has 0 amide bonds. The number of allylic oxidation sites excluding steroid dienone is 1. The van der Waals surface area contributed by atoms with Crippen molar-refractivity contribution in [2.75, 3.05) is 6.61 Å². The zero-order valence-electron chi connectivity index (χ0n) is 6.54. The predicted molar refractivity (Wildman–Crippen MR) is 41.7 cm³/mol. The van der Waals surface area contributed by atoms with Crippen LogP contribution >= 0.6 is 0 Å². The highest BCUT2D eigenvalue weighted by molar-refractivity contribution is 5.88. The van der Waals surface area contributed by atoms with Gasteiger partial charge in [0.05, 0.1) is 18.4 Å². The third-order valence-electron chi connectivity index (χ3n) is 0.987. The number of carbonyl (C=O) groups excluding carboxylic acids is 1. The molecule has 0 bridgehead atoms. The van der Waals surface area contributed by atoms with Crippen LogP contribution in [0.1, 0.15) is 13.3 Å². The Morgan fingerprint density at radius 3 is 2.82 bits per heavy atom. The van der Waals surface area contributed by atoms with Crippen molar-refractivity contribution in [2.24, 2.45) is 0 Å². The molecule has 0 rings (SSSR count). The van der Waals surface area contributed by atoms with E-state index in [-0.39, 0.29) is 12.2 Å². The van der Waals surface area contributed by atoms with Gasteiger partial charge in [0.2, 0.25) is 0 Å². The predicted octanol–water partition coefficient (Wildman–Crippen LogP) is 1.00. The van der Waals surface area contributed by atoms with E-state index in [9.17, 15) is 4.79 Å². The molecular weight excluding hydrogens is 144 g/mol. The molecule has 3 heteroatoms. The molecule has 11 heavy (non-hydrogen) atoms. The summed E-state index contributed by atoms with van der Waals surface area (Å²) in [7, 11) is 0. The lowest BCUT2D eigenvalue weighted by Crippen LogP contribution is -2.05. The Kier molecular flexibility index (Phi) is 5.11. The minimum Gasteiger partial charge on any atom is -0.431 e. The molecule has 0 saturated carbocycles. The normalized spacial score (nSPS) is 10.0. The maximum Gasteiger partial charge on any atom is 0.340 e. The van der Waals surface area contributed by atoms with Gasteiger partial charge in [0.1, 0.15) is 0 Å². The van der Waals surface area contributed by atoms with E-state index >= 15 is 0 Å². The van der Waals surface area contributed by atoms with Crippen LogP contribution in [0.2, 0.25) is 0 Å². The lowest BCUT2D eigenvalue weighted by atomic mass is 10.3. The van der Waals surface area contributed by atoms with Crippen molar-refractivity contribution in [1.29, 1.82) is 0 Å². The third kappa shape index (κ3) is 4.33. The van der Waals surface area contributed by atoms with E-state index in [0.29, 0.717) is 0 Å². The molecule has 0 atom stereocenters. The zero-order chi connectivity index (χ0) is 8.69. The van der Waals surface area contributed by atoms with Crippen LogP contribution in [-0.2, 0) is 9.53 Å². The van der Waals surface area contributed by atoms with E-state index in [1.54, 1.807) is 6.08 Å². The van der Waals surface area contributed by atoms with Gasteiger partial charge in [0.15, 0.2) is 0 Å². The van der Waals surface area contributed by atoms with Gasteiger partial charge >= 0.3 is 5.97 Å². The van der Waals surface area contributed by atoms with E-state index in [4.69, 9.17) is 5.11 Å². The summed E-state index contributed by atoms with van der Waals surface area (Å²) in [5, 5.41) is 8.44. The van der Waals surface area contributed by atoms with E-state index in [2.05, 4.69) is 11.3 Å². The molecule has 0 aromatic carbocycles. The topological polar surface area (TPSA) is 46.5 Å². The van der Waals surface area contributed by atoms with E-state index in [1.165, 1.54) is 6.26 Å². The monoisotopic (exact) mass is 156 g/mol. The quantitative estimate of drug-likeness (QED) is 0.375. The molecule has 0 radical (unpaired) electrons. The SMILES string of the molecule is C=C(CO)C(=O)OC=CCC. The highest BCUT2D eigenvalue weighted by Crippen LogP contribution is 1.93. The average molecular weight is 156 g/mol. The van der Waals surface area contributed by atoms with Crippen molar-refractivity contribution in [3.8, 4) is 0 Å². The molecule has 3 nitrogen and oxygen atoms in total. The zero-order valence-corrected chi connectivity index (χ0v) is 6.54. The van der Waals surface area contributed by atoms with Crippen LogP contribution in [0, 0.1) is 0 Å². The van der Waals surface area contributed by atoms with Crippen LogP contribution in [-0.4, -0.2) is 17.7 Å². The van der Waals surface area contributed by atoms with Crippen molar-refractivity contribution in [3.63, 3.8) is 0 Å². The van der Waals surface area contributed by atoms with E-state index in [1.807, 2.05) is 6.92 Å². The summed E-state index contributed by atoms with van der Waals surface area (Å²) in [6.07, 6.45) is 3.80. The lowest BCUT2D eigenvalue weighted by Gasteiger charge is -1.97. The fourth-order valence-corrected chi connectivity index (χ4v) is 0.354. The van der Waals surface area contributed by atoms with Gasteiger partial charge in [-0.15, -0.1) is 0 Å². The van der Waals surface area contributed by atoms with Gasteiger partial charge in [0.25, 0.3) is 0 Å². The largest absolute Gasteiger partial charge is 0.431 e. The molecule has 0 aromatic heterocycles. The average Bonchev–Trinajstić information content (AvgIpc) is 2.03. The van der Waals surface area contributed by atoms with Gasteiger partial charge in [-0.3, -0.25) is 0 Å². The minimum atomic E-state index is -0.586. The second-order valence-electron chi connectivity index (χ2n) is 1.95. The lowest BCUT2D eigenvalue weighted by molar-refractivity contribution is -0.134. The summed E-state index contributed by atoms with van der Waals surface area (Å²) in [6.45, 7) is 4.85. The van der Waals surface area contributed by atoms with Crippen LogP contribution in [0.3, 0.4) is 0 Å². The maximum absolute atomic E-state index is 10.7. The molecular formula is C8H12O3. The molecule has 0 aromatic rings. The number of hydrogen-bond acceptors (Lipinski definition) is 3. The van der Waals surface area contributed by atoms with E-state index in [0.717, 1.165) is 6.42 Å². The minimum absolute atomic E-state index is 0.0609. The molecule has 0 aliphatic heterocycles. The first-order chi connectivity index (χ1) is 5.22. The van der Waals surface area contributed by atoms with Crippen molar-refractivity contribution in [2.45, 2.75) is 13.3 Å². The first-order valence-electron chi connectivity index (χ1n) is 3.37. The van der Waals surface area contributed by atoms with Crippen LogP contribution in [0.25, 0.3) is 0 Å². The number of aliphatic hydroxyl groups is 1. The van der Waals surface area contributed by atoms with Crippen molar-refractivity contribution < 1.29 is 14.6 Å². The van der Waals surface area contributed by atoms with Crippen LogP contribution in [0.15, 0.2) is 24.5 Å². The molecule has 0 saturated heterocycles. The van der Waals surface area contributed by atoms with Gasteiger partial charge in [0, 0.05) is 0 Å². The summed E-state index contributed by atoms with van der Waals surface area (Å²) in [4.78, 5) is 10.7. The Morgan fingerprint density at radius 2 is 2.36 bits per heavy atom. The molecule has 0 spiro atoms. The second-order valence-corrected chi connectivity index (χ2v) is 1.95. The Morgan fingerprint density at radius 1 is 1.73 bits per heavy atom. The van der Waals surface area contributed by atoms with Crippen molar-refractivity contribution >= 4 is 5.97 Å². The highest BCUT2D eigenvalue weighted by atomic mass is 16.5. The Balaban J connectivity index is 3.69. The molecule has 1 N–H and O–H groups in total. The second kappa shape index (κ2) is 5.68. The van der Waals surface area contributed by atoms with Gasteiger partial charge in [-0.2, -0.15) is 0 Å². The maximum atomic E-state index is 10.7. The summed E-state index contributed by atoms with van der Waals surface area (Å²) in [5.41, 5.74) is 0.0609. The number of aliphatic hydroxyl groups excluding tert-OH is 1. The fraction of sp³-hybridized carbons (Fsp3) is 0.375. The van der Waals surface area contributed by atoms with Gasteiger partial charge in [-0.05, 0) is 12.5 Å². The summed E-state index contributed by atoms with van der Waals surface area (Å²) in [5.74, 6) is -0.586. The van der Waals surface area contributed by atoms with Crippen LogP contribution in [0.4, 0.5) is 0 Å². The number of carbonyl (C=O) groups is 1. The molecule has 0 fully saturated rings. The molecule has 0 heterocycles. The molecule has 0 aliphatic rings. The summed E-state index contributed by atoms with van der Waals surface area (Å²) >= 11 is 0. The summed E-state index contributed by atoms with van der Waals surface area (Å²) in [6, 6.07) is 0. The van der Waals surface area contributed by atoms with Crippen LogP contribution < -0.4 is 0 Å². The molecule has 62 valence electrons. The Bertz CT molecular complexity index is 170. The third-order valence-corrected chi connectivity index (χ3v) is 0.987. The van der Waals surface area contributed by atoms with Crippen molar-refractivity contribution in [1.82, 2.24) is 0 Å².